The third-order valence-corrected chi connectivity index (χ3v) is 8.45. The maximum Gasteiger partial charge on any atom is 0.164 e. The topological polar surface area (TPSA) is 51.0 Å². The Morgan fingerprint density at radius 3 is 1.39 bits per heavy atom. The summed E-state index contributed by atoms with van der Waals surface area (Å²) in [6, 6.07) is 52.6. The van der Waals surface area contributed by atoms with E-state index in [4.69, 9.17) is 19.9 Å². The van der Waals surface area contributed by atoms with Gasteiger partial charge in [0.15, 0.2) is 17.5 Å². The molecule has 218 valence electrons. The molecule has 4 nitrogen and oxygen atoms in total. The molecule has 0 aliphatic carbocycles. The highest BCUT2D eigenvalue weighted by Crippen LogP contribution is 2.37. The molecule has 0 spiro atoms. The minimum absolute atomic E-state index is 0.651. The number of hydrogen-bond donors (Lipinski definition) is 0. The van der Waals surface area contributed by atoms with Crippen molar-refractivity contribution < 1.29 is 0 Å². The van der Waals surface area contributed by atoms with E-state index in [1.807, 2.05) is 66.9 Å². The zero-order chi connectivity index (χ0) is 30.7. The van der Waals surface area contributed by atoms with E-state index in [9.17, 15) is 0 Å². The highest BCUT2D eigenvalue weighted by molar-refractivity contribution is 5.84. The van der Waals surface area contributed by atoms with E-state index in [2.05, 4.69) is 91.0 Å². The fraction of sp³-hybridized carbons (Fsp3) is 0.0476. The van der Waals surface area contributed by atoms with E-state index >= 15 is 0 Å². The van der Waals surface area contributed by atoms with Gasteiger partial charge in [0.25, 0.3) is 0 Å². The van der Waals surface area contributed by atoms with Crippen LogP contribution in [0, 0.1) is 0 Å². The molecule has 46 heavy (non-hydrogen) atoms. The van der Waals surface area contributed by atoms with Crippen LogP contribution in [0.3, 0.4) is 0 Å². The lowest BCUT2D eigenvalue weighted by molar-refractivity contribution is 1.03. The van der Waals surface area contributed by atoms with Gasteiger partial charge in [0.1, 0.15) is 0 Å². The maximum atomic E-state index is 4.88. The number of rotatable bonds is 6. The van der Waals surface area contributed by atoms with Crippen molar-refractivity contribution in [3.05, 3.63) is 157 Å². The molecule has 0 bridgehead atoms. The van der Waals surface area contributed by atoms with Crippen LogP contribution in [0.5, 0.6) is 0 Å². The first-order valence-corrected chi connectivity index (χ1v) is 15.6. The van der Waals surface area contributed by atoms with Crippen LogP contribution in [0.15, 0.2) is 157 Å². The summed E-state index contributed by atoms with van der Waals surface area (Å²) < 4.78 is 0. The highest BCUT2D eigenvalue weighted by Gasteiger charge is 2.14. The Hall–Kier alpha value is -6.00. The number of aromatic nitrogens is 3. The van der Waals surface area contributed by atoms with Crippen molar-refractivity contribution in [2.24, 2.45) is 4.99 Å². The Bertz CT molecular complexity index is 2110. The van der Waals surface area contributed by atoms with Gasteiger partial charge in [0, 0.05) is 28.5 Å². The Morgan fingerprint density at radius 2 is 0.826 bits per heavy atom. The molecule has 0 atom stereocenters. The maximum absolute atomic E-state index is 4.88. The lowest BCUT2D eigenvalue weighted by atomic mass is 9.94. The van der Waals surface area contributed by atoms with Crippen molar-refractivity contribution in [1.82, 2.24) is 15.0 Å². The van der Waals surface area contributed by atoms with Crippen molar-refractivity contribution in [2.45, 2.75) is 12.8 Å². The van der Waals surface area contributed by atoms with Gasteiger partial charge in [0.05, 0.1) is 5.69 Å². The molecule has 7 aromatic rings. The van der Waals surface area contributed by atoms with Gasteiger partial charge in [-0.1, -0.05) is 146 Å². The molecule has 0 N–H and O–H groups in total. The molecule has 8 rings (SSSR count). The van der Waals surface area contributed by atoms with Gasteiger partial charge in [-0.2, -0.15) is 0 Å². The van der Waals surface area contributed by atoms with Crippen LogP contribution in [0.2, 0.25) is 0 Å². The van der Waals surface area contributed by atoms with Gasteiger partial charge >= 0.3 is 0 Å². The van der Waals surface area contributed by atoms with Crippen LogP contribution in [0.25, 0.3) is 67.5 Å². The Balaban J connectivity index is 1.09. The lowest BCUT2D eigenvalue weighted by Crippen LogP contribution is -2.00. The fourth-order valence-corrected chi connectivity index (χ4v) is 6.02. The molecule has 0 saturated carbocycles. The third kappa shape index (κ3) is 5.53. The van der Waals surface area contributed by atoms with E-state index in [0.29, 0.717) is 17.5 Å². The Morgan fingerprint density at radius 1 is 0.370 bits per heavy atom. The summed E-state index contributed by atoms with van der Waals surface area (Å²) in [6.07, 6.45) is 4.10. The second kappa shape index (κ2) is 12.2. The molecule has 0 unspecified atom stereocenters. The van der Waals surface area contributed by atoms with Crippen molar-refractivity contribution in [1.29, 1.82) is 0 Å². The molecule has 2 heterocycles. The number of aliphatic imine (C=N–C) groups is 1. The first-order valence-electron chi connectivity index (χ1n) is 15.6. The summed E-state index contributed by atoms with van der Waals surface area (Å²) in [5, 5.41) is 0. The van der Waals surface area contributed by atoms with Gasteiger partial charge in [-0.3, -0.25) is 4.99 Å². The molecule has 1 aromatic heterocycles. The number of fused-ring (bicyclic) bond motifs is 1. The summed E-state index contributed by atoms with van der Waals surface area (Å²) in [5.74, 6) is 1.97. The van der Waals surface area contributed by atoms with Crippen molar-refractivity contribution in [3.63, 3.8) is 0 Å². The molecular weight excluding hydrogens is 560 g/mol. The molecule has 0 saturated heterocycles. The van der Waals surface area contributed by atoms with Gasteiger partial charge < -0.3 is 0 Å². The second-order valence-corrected chi connectivity index (χ2v) is 11.4. The number of hydrogen-bond acceptors (Lipinski definition) is 4. The summed E-state index contributed by atoms with van der Waals surface area (Å²) in [4.78, 5) is 19.3. The van der Waals surface area contributed by atoms with Gasteiger partial charge in [-0.15, -0.1) is 0 Å². The minimum Gasteiger partial charge on any atom is -0.260 e. The highest BCUT2D eigenvalue weighted by atomic mass is 15.0. The zero-order valence-electron chi connectivity index (χ0n) is 25.2. The quantitative estimate of drug-likeness (QED) is 0.194. The molecule has 0 fully saturated rings. The van der Waals surface area contributed by atoms with Crippen LogP contribution < -0.4 is 0 Å². The van der Waals surface area contributed by atoms with E-state index in [0.717, 1.165) is 46.3 Å². The van der Waals surface area contributed by atoms with E-state index < -0.39 is 0 Å². The SMILES string of the molecule is C1=Nc2c(cccc2-c2ccc(-c3cccc(-c4ccc(-c5nc(-c6ccccc6)nc(-c6ccccc6)n5)cc4)c3)cc2)CC1. The predicted octanol–water partition coefficient (Wildman–Crippen LogP) is 10.5. The lowest BCUT2D eigenvalue weighted by Gasteiger charge is -2.14. The van der Waals surface area contributed by atoms with Gasteiger partial charge in [-0.05, 0) is 52.3 Å². The largest absolute Gasteiger partial charge is 0.260 e. The summed E-state index contributed by atoms with van der Waals surface area (Å²) in [7, 11) is 0. The third-order valence-electron chi connectivity index (χ3n) is 8.45. The molecule has 6 aromatic carbocycles. The van der Waals surface area contributed by atoms with E-state index in [1.54, 1.807) is 0 Å². The molecular formula is C42H30N4. The molecule has 0 radical (unpaired) electrons. The average molecular weight is 591 g/mol. The second-order valence-electron chi connectivity index (χ2n) is 11.4. The van der Waals surface area contributed by atoms with E-state index in [1.165, 1.54) is 27.8 Å². The van der Waals surface area contributed by atoms with Gasteiger partial charge in [-0.25, -0.2) is 15.0 Å². The monoisotopic (exact) mass is 590 g/mol. The number of nitrogens with zero attached hydrogens (tertiary/aromatic N) is 4. The molecule has 4 heteroatoms. The van der Waals surface area contributed by atoms with Gasteiger partial charge in [0.2, 0.25) is 0 Å². The summed E-state index contributed by atoms with van der Waals surface area (Å²) in [5.41, 5.74) is 12.3. The fourth-order valence-electron chi connectivity index (χ4n) is 6.02. The number of benzene rings is 6. The van der Waals surface area contributed by atoms with Crippen LogP contribution in [0.1, 0.15) is 12.0 Å². The van der Waals surface area contributed by atoms with E-state index in [-0.39, 0.29) is 0 Å². The minimum atomic E-state index is 0.651. The molecule has 0 amide bonds. The van der Waals surface area contributed by atoms with Crippen LogP contribution >= 0.6 is 0 Å². The first kappa shape index (κ1) is 27.5. The smallest absolute Gasteiger partial charge is 0.164 e. The number of aryl methyl sites for hydroxylation is 1. The molecule has 1 aliphatic heterocycles. The van der Waals surface area contributed by atoms with Crippen molar-refractivity contribution in [2.75, 3.05) is 0 Å². The number of para-hydroxylation sites is 1. The standard InChI is InChI=1S/C42H30N4/c1-3-10-33(11-4-1)40-44-41(34-12-5-2-6-13-34)46-42(45-40)35-25-21-30(22-26-35)37-16-7-15-36(28-37)29-19-23-31(24-20-29)38-18-8-14-32-17-9-27-43-39(32)38/h1-8,10-16,18-28H,9,17H2. The zero-order valence-corrected chi connectivity index (χ0v) is 25.2. The van der Waals surface area contributed by atoms with Crippen LogP contribution in [-0.2, 0) is 6.42 Å². The Labute approximate surface area is 268 Å². The predicted molar refractivity (Wildman–Crippen MR) is 189 cm³/mol. The molecule has 1 aliphatic rings. The first-order chi connectivity index (χ1) is 22.8. The normalized spacial score (nSPS) is 12.1. The summed E-state index contributed by atoms with van der Waals surface area (Å²) in [6.45, 7) is 0. The summed E-state index contributed by atoms with van der Waals surface area (Å²) >= 11 is 0. The van der Waals surface area contributed by atoms with Crippen LogP contribution in [-0.4, -0.2) is 21.2 Å². The average Bonchev–Trinajstić information content (AvgIpc) is 3.15. The Kier molecular flexibility index (Phi) is 7.29. The van der Waals surface area contributed by atoms with Crippen molar-refractivity contribution in [3.8, 4) is 67.5 Å². The van der Waals surface area contributed by atoms with Crippen LogP contribution in [0.4, 0.5) is 5.69 Å². The van der Waals surface area contributed by atoms with Crippen molar-refractivity contribution >= 4 is 11.9 Å².